The molecular weight excluding hydrogens is 657 g/mol. The van der Waals surface area contributed by atoms with E-state index in [4.69, 9.17) is 4.42 Å². The topological polar surface area (TPSA) is 29.3 Å². The van der Waals surface area contributed by atoms with Crippen molar-refractivity contribution in [3.8, 4) is 22.3 Å². The van der Waals surface area contributed by atoms with Gasteiger partial charge in [0.05, 0.1) is 11.1 Å². The van der Waals surface area contributed by atoms with Crippen molar-refractivity contribution in [2.75, 3.05) is 4.90 Å². The molecule has 0 fully saturated rings. The van der Waals surface area contributed by atoms with Crippen molar-refractivity contribution in [1.82, 2.24) is 4.98 Å². The van der Waals surface area contributed by atoms with Crippen molar-refractivity contribution in [1.29, 1.82) is 0 Å². The first-order chi connectivity index (χ1) is 26.8. The van der Waals surface area contributed by atoms with Crippen LogP contribution in [0.2, 0.25) is 0 Å². The van der Waals surface area contributed by atoms with Crippen LogP contribution in [0.5, 0.6) is 0 Å². The summed E-state index contributed by atoms with van der Waals surface area (Å²) >= 11 is 0. The molecule has 0 unspecified atom stereocenters. The zero-order valence-corrected chi connectivity index (χ0v) is 29.3. The first-order valence-electron chi connectivity index (χ1n) is 18.4. The average Bonchev–Trinajstić information content (AvgIpc) is 3.61. The van der Waals surface area contributed by atoms with Crippen molar-refractivity contribution >= 4 is 82.1 Å². The lowest BCUT2D eigenvalue weighted by molar-refractivity contribution is 0.669. The number of hydrogen-bond acceptors (Lipinski definition) is 3. The van der Waals surface area contributed by atoms with E-state index in [0.29, 0.717) is 0 Å². The SMILES string of the molecule is c1cc(-c2cccc3ccccc23)cc(N(c2ccc(-c3cc4ccccc4c4ccccc34)cc2)c2cccc3oc4cc5cnccc5cc4c23)c1. The Morgan fingerprint density at radius 3 is 2.02 bits per heavy atom. The summed E-state index contributed by atoms with van der Waals surface area (Å²) in [5.74, 6) is 0. The maximum atomic E-state index is 6.56. The van der Waals surface area contributed by atoms with E-state index >= 15 is 0 Å². The summed E-state index contributed by atoms with van der Waals surface area (Å²) in [6.07, 6.45) is 3.75. The van der Waals surface area contributed by atoms with Crippen molar-refractivity contribution in [2.24, 2.45) is 0 Å². The number of aromatic nitrogens is 1. The smallest absolute Gasteiger partial charge is 0.137 e. The lowest BCUT2D eigenvalue weighted by Gasteiger charge is -2.27. The van der Waals surface area contributed by atoms with E-state index in [-0.39, 0.29) is 0 Å². The molecule has 0 bridgehead atoms. The van der Waals surface area contributed by atoms with Crippen molar-refractivity contribution in [3.63, 3.8) is 0 Å². The molecule has 11 rings (SSSR count). The van der Waals surface area contributed by atoms with Gasteiger partial charge >= 0.3 is 0 Å². The van der Waals surface area contributed by atoms with E-state index in [0.717, 1.165) is 55.3 Å². The maximum absolute atomic E-state index is 6.56. The summed E-state index contributed by atoms with van der Waals surface area (Å²) in [6.45, 7) is 0. The van der Waals surface area contributed by atoms with Gasteiger partial charge in [-0.05, 0) is 121 Å². The van der Waals surface area contributed by atoms with Crippen LogP contribution >= 0.6 is 0 Å². The minimum atomic E-state index is 0.847. The minimum absolute atomic E-state index is 0.847. The van der Waals surface area contributed by atoms with E-state index in [9.17, 15) is 0 Å². The standard InChI is InChI=1S/C51H32N2O/c1-3-15-41-33(10-1)12-8-19-42(41)36-13-7-14-40(28-36)53(48-20-9-21-49-51(48)47-29-35-26-27-52-32-38(35)31-50(47)54-49)39-24-22-34(23-25-39)46-30-37-11-2-4-16-43(37)44-17-5-6-18-45(44)46/h1-32H. The number of fused-ring (bicyclic) bond motifs is 8. The van der Waals surface area contributed by atoms with Gasteiger partial charge in [0.1, 0.15) is 11.2 Å². The highest BCUT2D eigenvalue weighted by Crippen LogP contribution is 2.45. The van der Waals surface area contributed by atoms with Crippen LogP contribution in [0.4, 0.5) is 17.1 Å². The monoisotopic (exact) mass is 688 g/mol. The highest BCUT2D eigenvalue weighted by atomic mass is 16.3. The predicted octanol–water partition coefficient (Wildman–Crippen LogP) is 14.4. The Hall–Kier alpha value is -7.23. The summed E-state index contributed by atoms with van der Waals surface area (Å²) in [7, 11) is 0. The molecule has 54 heavy (non-hydrogen) atoms. The molecule has 0 atom stereocenters. The Morgan fingerprint density at radius 1 is 0.389 bits per heavy atom. The average molecular weight is 689 g/mol. The molecule has 0 aliphatic heterocycles. The van der Waals surface area contributed by atoms with Gasteiger partial charge < -0.3 is 9.32 Å². The molecule has 2 aromatic heterocycles. The number of furan rings is 1. The number of pyridine rings is 1. The predicted molar refractivity (Wildman–Crippen MR) is 227 cm³/mol. The lowest BCUT2D eigenvalue weighted by Crippen LogP contribution is -2.10. The van der Waals surface area contributed by atoms with E-state index in [1.54, 1.807) is 0 Å². The Kier molecular flexibility index (Phi) is 6.86. The van der Waals surface area contributed by atoms with Crippen molar-refractivity contribution in [2.45, 2.75) is 0 Å². The van der Waals surface area contributed by atoms with Crippen molar-refractivity contribution in [3.05, 3.63) is 194 Å². The second-order valence-electron chi connectivity index (χ2n) is 14.0. The van der Waals surface area contributed by atoms with Crippen molar-refractivity contribution < 1.29 is 4.42 Å². The Bertz CT molecular complexity index is 3230. The van der Waals surface area contributed by atoms with Crippen LogP contribution in [0.3, 0.4) is 0 Å². The summed E-state index contributed by atoms with van der Waals surface area (Å²) in [6, 6.07) is 65.6. The second-order valence-corrected chi connectivity index (χ2v) is 14.0. The molecule has 9 aromatic carbocycles. The fraction of sp³-hybridized carbons (Fsp3) is 0. The molecular formula is C51H32N2O. The van der Waals surface area contributed by atoms with Crippen LogP contribution < -0.4 is 4.90 Å². The molecule has 3 nitrogen and oxygen atoms in total. The zero-order valence-electron chi connectivity index (χ0n) is 29.3. The third-order valence-corrected chi connectivity index (χ3v) is 10.9. The van der Waals surface area contributed by atoms with E-state index in [1.165, 1.54) is 49.0 Å². The zero-order chi connectivity index (χ0) is 35.6. The number of nitrogens with zero attached hydrogens (tertiary/aromatic N) is 2. The van der Waals surface area contributed by atoms with Crippen LogP contribution in [0.15, 0.2) is 199 Å². The summed E-state index contributed by atoms with van der Waals surface area (Å²) < 4.78 is 6.56. The molecule has 3 heteroatoms. The van der Waals surface area contributed by atoms with Gasteiger partial charge in [-0.15, -0.1) is 0 Å². The largest absolute Gasteiger partial charge is 0.456 e. The molecule has 0 N–H and O–H groups in total. The van der Waals surface area contributed by atoms with Crippen LogP contribution in [0.1, 0.15) is 0 Å². The third kappa shape index (κ3) is 4.87. The normalized spacial score (nSPS) is 11.7. The van der Waals surface area contributed by atoms with Gasteiger partial charge in [-0.1, -0.05) is 121 Å². The Balaban J connectivity index is 1.13. The molecule has 0 aliphatic carbocycles. The van der Waals surface area contributed by atoms with Gasteiger partial charge in [-0.3, -0.25) is 4.98 Å². The molecule has 11 aromatic rings. The Morgan fingerprint density at radius 2 is 1.13 bits per heavy atom. The van der Waals surface area contributed by atoms with Crippen LogP contribution in [-0.4, -0.2) is 4.98 Å². The highest BCUT2D eigenvalue weighted by molar-refractivity contribution is 6.17. The number of rotatable bonds is 5. The first-order valence-corrected chi connectivity index (χ1v) is 18.4. The van der Waals surface area contributed by atoms with Gasteiger partial charge in [0, 0.05) is 34.5 Å². The van der Waals surface area contributed by atoms with Gasteiger partial charge in [0.15, 0.2) is 0 Å². The molecule has 0 saturated heterocycles. The van der Waals surface area contributed by atoms with E-state index < -0.39 is 0 Å². The number of hydrogen-bond donors (Lipinski definition) is 0. The quantitative estimate of drug-likeness (QED) is 0.169. The fourth-order valence-electron chi connectivity index (χ4n) is 8.38. The molecule has 0 amide bonds. The summed E-state index contributed by atoms with van der Waals surface area (Å²) in [4.78, 5) is 6.74. The third-order valence-electron chi connectivity index (χ3n) is 10.9. The van der Waals surface area contributed by atoms with Crippen LogP contribution in [-0.2, 0) is 0 Å². The molecule has 0 aliphatic rings. The second kappa shape index (κ2) is 12.2. The van der Waals surface area contributed by atoms with Gasteiger partial charge in [0.25, 0.3) is 0 Å². The first kappa shape index (κ1) is 30.4. The minimum Gasteiger partial charge on any atom is -0.456 e. The maximum Gasteiger partial charge on any atom is 0.137 e. The van der Waals surface area contributed by atoms with E-state index in [2.05, 4.69) is 192 Å². The lowest BCUT2D eigenvalue weighted by atomic mass is 9.93. The summed E-state index contributed by atoms with van der Waals surface area (Å²) in [5.41, 5.74) is 9.65. The Labute approximate surface area is 312 Å². The fourth-order valence-corrected chi connectivity index (χ4v) is 8.38. The van der Waals surface area contributed by atoms with E-state index in [1.807, 2.05) is 12.4 Å². The number of anilines is 3. The molecule has 2 heterocycles. The van der Waals surface area contributed by atoms with Gasteiger partial charge in [-0.25, -0.2) is 0 Å². The van der Waals surface area contributed by atoms with Gasteiger partial charge in [0.2, 0.25) is 0 Å². The molecule has 0 saturated carbocycles. The number of benzene rings is 9. The molecule has 0 radical (unpaired) electrons. The van der Waals surface area contributed by atoms with Gasteiger partial charge in [-0.2, -0.15) is 0 Å². The highest BCUT2D eigenvalue weighted by Gasteiger charge is 2.21. The molecule has 0 spiro atoms. The molecule has 252 valence electrons. The summed E-state index contributed by atoms with van der Waals surface area (Å²) in [5, 5.41) is 11.8. The van der Waals surface area contributed by atoms with Crippen LogP contribution in [0.25, 0.3) is 87.3 Å². The van der Waals surface area contributed by atoms with Crippen LogP contribution in [0, 0.1) is 0 Å².